The molecule has 12 rings (SSSR count). The smallest absolute Gasteiger partial charge is 0.0714 e. The van der Waals surface area contributed by atoms with Gasteiger partial charge in [0.15, 0.2) is 0 Å². The van der Waals surface area contributed by atoms with E-state index in [4.69, 9.17) is 0 Å². The van der Waals surface area contributed by atoms with Crippen molar-refractivity contribution in [2.24, 2.45) is 0 Å². The highest BCUT2D eigenvalue weighted by atomic mass is 32.1. The third kappa shape index (κ3) is 5.60. The van der Waals surface area contributed by atoms with Crippen LogP contribution in [-0.2, 0) is 5.41 Å². The van der Waals surface area contributed by atoms with Crippen molar-refractivity contribution in [3.8, 4) is 33.4 Å². The fourth-order valence-electron chi connectivity index (χ4n) is 9.76. The molecule has 1 aromatic heterocycles. The summed E-state index contributed by atoms with van der Waals surface area (Å²) >= 11 is 1.78. The van der Waals surface area contributed by atoms with Gasteiger partial charge in [0.1, 0.15) is 0 Å². The zero-order valence-electron chi connectivity index (χ0n) is 37.1. The Labute approximate surface area is 365 Å². The second-order valence-corrected chi connectivity index (χ2v) is 16.7. The largest absolute Gasteiger partial charge is 0.310 e. The summed E-state index contributed by atoms with van der Waals surface area (Å²) in [6, 6.07) is 73.0. The van der Waals surface area contributed by atoms with Gasteiger partial charge in [-0.3, -0.25) is 0 Å². The summed E-state index contributed by atoms with van der Waals surface area (Å²) in [4.78, 5) is 1.95. The molecule has 0 N–H and O–H groups in total. The van der Waals surface area contributed by atoms with Gasteiger partial charge in [-0.15, -0.1) is 11.3 Å². The van der Waals surface area contributed by atoms with Crippen LogP contribution >= 0.6 is 11.3 Å². The number of thiophene rings is 1. The van der Waals surface area contributed by atoms with Gasteiger partial charge >= 0.3 is 0 Å². The highest BCUT2D eigenvalue weighted by molar-refractivity contribution is 7.26. The first-order chi connectivity index (χ1) is 31.9. The van der Waals surface area contributed by atoms with Crippen LogP contribution in [0.2, 0.25) is 0 Å². The standard InChI is InChI=1S/C59H39NS/c1-3-19-43(20-4-1)59(44-21-5-2-6-22-44)55-30-11-9-25-51(55)52-37-36-47(39-56(52)59)60(45-34-32-41(33-35-45)49-27-14-17-40-16-7-8-24-48(40)49)46-23-13-18-42(38-46)50-28-15-29-54-53-26-10-12-31-57(53)61-58(50)54/h1-39H/i32D,33D,34D,35D. The minimum absolute atomic E-state index is 0.0926. The predicted octanol–water partition coefficient (Wildman–Crippen LogP) is 16.4. The van der Waals surface area contributed by atoms with Gasteiger partial charge in [0.25, 0.3) is 0 Å². The molecule has 0 atom stereocenters. The summed E-state index contributed by atoms with van der Waals surface area (Å²) in [5.74, 6) is 0. The summed E-state index contributed by atoms with van der Waals surface area (Å²) in [7, 11) is 0. The average Bonchev–Trinajstić information content (AvgIpc) is 3.89. The van der Waals surface area contributed by atoms with Crippen LogP contribution in [0, 0.1) is 0 Å². The molecule has 0 saturated carbocycles. The zero-order valence-corrected chi connectivity index (χ0v) is 33.9. The molecule has 1 aliphatic carbocycles. The topological polar surface area (TPSA) is 3.24 Å². The van der Waals surface area contributed by atoms with E-state index in [0.29, 0.717) is 5.56 Å². The molecule has 61 heavy (non-hydrogen) atoms. The number of fused-ring (bicyclic) bond motifs is 7. The van der Waals surface area contributed by atoms with Gasteiger partial charge in [0, 0.05) is 37.2 Å². The number of rotatable bonds is 7. The minimum atomic E-state index is -0.693. The van der Waals surface area contributed by atoms with Crippen molar-refractivity contribution in [2.75, 3.05) is 4.90 Å². The zero-order chi connectivity index (χ0) is 43.8. The quantitative estimate of drug-likeness (QED) is 0.155. The molecule has 0 fully saturated rings. The number of nitrogens with zero attached hydrogens (tertiary/aromatic N) is 1. The summed E-state index contributed by atoms with van der Waals surface area (Å²) in [5.41, 5.74) is 10.7. The second-order valence-electron chi connectivity index (χ2n) is 15.7. The van der Waals surface area contributed by atoms with Gasteiger partial charge in [-0.2, -0.15) is 0 Å². The molecule has 0 amide bonds. The number of anilines is 3. The Morgan fingerprint density at radius 2 is 0.967 bits per heavy atom. The fourth-order valence-corrected chi connectivity index (χ4v) is 11.0. The highest BCUT2D eigenvalue weighted by Crippen LogP contribution is 2.57. The van der Waals surface area contributed by atoms with E-state index in [-0.39, 0.29) is 35.4 Å². The molecular weight excluding hydrogens is 755 g/mol. The molecule has 10 aromatic carbocycles. The first kappa shape index (κ1) is 31.4. The van der Waals surface area contributed by atoms with Gasteiger partial charge < -0.3 is 4.90 Å². The van der Waals surface area contributed by atoms with Crippen LogP contribution in [0.4, 0.5) is 17.1 Å². The van der Waals surface area contributed by atoms with Crippen LogP contribution in [0.15, 0.2) is 236 Å². The van der Waals surface area contributed by atoms with Crippen LogP contribution in [0.25, 0.3) is 64.3 Å². The van der Waals surface area contributed by atoms with Crippen molar-refractivity contribution >= 4 is 59.3 Å². The van der Waals surface area contributed by atoms with E-state index in [0.717, 1.165) is 61.1 Å². The predicted molar refractivity (Wildman–Crippen MR) is 260 cm³/mol. The molecule has 0 unspecified atom stereocenters. The molecule has 1 aliphatic rings. The van der Waals surface area contributed by atoms with Gasteiger partial charge in [-0.25, -0.2) is 0 Å². The maximum atomic E-state index is 9.92. The fraction of sp³-hybridized carbons (Fsp3) is 0.0169. The molecule has 286 valence electrons. The highest BCUT2D eigenvalue weighted by Gasteiger charge is 2.46. The van der Waals surface area contributed by atoms with E-state index in [2.05, 4.69) is 158 Å². The molecule has 0 spiro atoms. The Balaban J connectivity index is 1.14. The summed E-state index contributed by atoms with van der Waals surface area (Å²) < 4.78 is 41.7. The molecule has 1 nitrogen and oxygen atoms in total. The van der Waals surface area contributed by atoms with Crippen molar-refractivity contribution in [1.82, 2.24) is 0 Å². The normalized spacial score (nSPS) is 13.6. The van der Waals surface area contributed by atoms with Gasteiger partial charge in [-0.05, 0) is 109 Å². The Hall–Kier alpha value is -7.52. The maximum Gasteiger partial charge on any atom is 0.0714 e. The van der Waals surface area contributed by atoms with Crippen LogP contribution in [0.1, 0.15) is 27.7 Å². The van der Waals surface area contributed by atoms with Crippen LogP contribution in [-0.4, -0.2) is 0 Å². The van der Waals surface area contributed by atoms with E-state index >= 15 is 0 Å². The first-order valence-corrected chi connectivity index (χ1v) is 21.5. The first-order valence-electron chi connectivity index (χ1n) is 22.7. The van der Waals surface area contributed by atoms with E-state index in [9.17, 15) is 5.48 Å². The number of hydrogen-bond acceptors (Lipinski definition) is 2. The summed E-state index contributed by atoms with van der Waals surface area (Å²) in [6.07, 6.45) is 0. The van der Waals surface area contributed by atoms with Gasteiger partial charge in [0.2, 0.25) is 0 Å². The lowest BCUT2D eigenvalue weighted by atomic mass is 9.67. The van der Waals surface area contributed by atoms with Crippen molar-refractivity contribution in [3.05, 3.63) is 259 Å². The Morgan fingerprint density at radius 3 is 1.79 bits per heavy atom. The Morgan fingerprint density at radius 1 is 0.377 bits per heavy atom. The van der Waals surface area contributed by atoms with Crippen molar-refractivity contribution in [3.63, 3.8) is 0 Å². The van der Waals surface area contributed by atoms with E-state index in [1.54, 1.807) is 11.3 Å². The van der Waals surface area contributed by atoms with Crippen LogP contribution in [0.5, 0.6) is 0 Å². The Kier molecular flexibility index (Phi) is 7.38. The third-order valence-corrected chi connectivity index (χ3v) is 13.6. The lowest BCUT2D eigenvalue weighted by Gasteiger charge is -2.35. The molecule has 0 aliphatic heterocycles. The SMILES string of the molecule is [2H]c1c([2H])c(N(c2cccc(-c3cccc4c3sc3ccccc34)c2)c2ccc3c(c2)C(c2ccccc2)(c2ccccc2)c2ccccc2-3)c([2H])c([2H])c1-c1cccc2ccccc12. The maximum absolute atomic E-state index is 9.92. The van der Waals surface area contributed by atoms with Gasteiger partial charge in [-0.1, -0.05) is 194 Å². The molecule has 1 heterocycles. The molecule has 0 saturated heterocycles. The summed E-state index contributed by atoms with van der Waals surface area (Å²) in [5, 5.41) is 4.27. The van der Waals surface area contributed by atoms with Crippen LogP contribution in [0.3, 0.4) is 0 Å². The lowest BCUT2D eigenvalue weighted by Crippen LogP contribution is -2.28. The van der Waals surface area contributed by atoms with Crippen molar-refractivity contribution in [2.45, 2.75) is 5.41 Å². The van der Waals surface area contributed by atoms with E-state index in [1.807, 2.05) is 59.5 Å². The minimum Gasteiger partial charge on any atom is -0.310 e. The third-order valence-electron chi connectivity index (χ3n) is 12.4. The second kappa shape index (κ2) is 14.3. The lowest BCUT2D eigenvalue weighted by molar-refractivity contribution is 0.768. The molecule has 2 heteroatoms. The molecule has 11 aromatic rings. The molecule has 0 bridgehead atoms. The Bertz CT molecular complexity index is 3600. The number of hydrogen-bond donors (Lipinski definition) is 0. The summed E-state index contributed by atoms with van der Waals surface area (Å²) in [6.45, 7) is 0. The molecule has 0 radical (unpaired) electrons. The van der Waals surface area contributed by atoms with Gasteiger partial charge in [0.05, 0.1) is 10.9 Å². The number of benzene rings is 10. The van der Waals surface area contributed by atoms with E-state index in [1.165, 1.54) is 25.7 Å². The van der Waals surface area contributed by atoms with E-state index < -0.39 is 5.41 Å². The van der Waals surface area contributed by atoms with Crippen molar-refractivity contribution < 1.29 is 5.48 Å². The monoisotopic (exact) mass is 797 g/mol. The molecular formula is C59H39NS. The van der Waals surface area contributed by atoms with Crippen molar-refractivity contribution in [1.29, 1.82) is 0 Å². The van der Waals surface area contributed by atoms with Crippen LogP contribution < -0.4 is 4.90 Å². The average molecular weight is 798 g/mol.